The van der Waals surface area contributed by atoms with Gasteiger partial charge in [0, 0.05) is 9.75 Å². The Morgan fingerprint density at radius 3 is 2.29 bits per heavy atom. The molecule has 0 aliphatic rings. The summed E-state index contributed by atoms with van der Waals surface area (Å²) >= 11 is 1.69. The normalized spacial score (nSPS) is 13.8. The van der Waals surface area contributed by atoms with Crippen LogP contribution < -0.4 is 10.6 Å². The first-order valence-corrected chi connectivity index (χ1v) is 7.89. The molecule has 1 aromatic heterocycles. The lowest BCUT2D eigenvalue weighted by atomic mass is 10.0. The number of hydrogen-bond donors (Lipinski definition) is 3. The van der Waals surface area contributed by atoms with Crippen LogP contribution in [0.25, 0.3) is 0 Å². The van der Waals surface area contributed by atoms with Crippen LogP contribution in [0, 0.1) is 19.8 Å². The summed E-state index contributed by atoms with van der Waals surface area (Å²) < 4.78 is 0. The molecule has 2 atom stereocenters. The van der Waals surface area contributed by atoms with E-state index in [1.807, 2.05) is 40.7 Å². The molecule has 0 aliphatic carbocycles. The number of hydrogen-bond acceptors (Lipinski definition) is 3. The van der Waals surface area contributed by atoms with Crippen LogP contribution in [0.1, 0.15) is 48.6 Å². The number of thiophene rings is 1. The Bertz CT molecular complexity index is 511. The van der Waals surface area contributed by atoms with Gasteiger partial charge in [0.05, 0.1) is 6.04 Å². The van der Waals surface area contributed by atoms with Crippen LogP contribution in [0.15, 0.2) is 6.07 Å². The van der Waals surface area contributed by atoms with Gasteiger partial charge in [0.15, 0.2) is 0 Å². The zero-order valence-corrected chi connectivity index (χ0v) is 14.0. The lowest BCUT2D eigenvalue weighted by Crippen LogP contribution is -2.47. The number of aliphatic carboxylic acids is 1. The summed E-state index contributed by atoms with van der Waals surface area (Å²) in [4.78, 5) is 25.5. The fraction of sp³-hybridized carbons (Fsp3) is 0.600. The highest BCUT2D eigenvalue weighted by atomic mass is 32.1. The van der Waals surface area contributed by atoms with Gasteiger partial charge < -0.3 is 15.7 Å². The Balaban J connectivity index is 2.63. The molecule has 0 bridgehead atoms. The Labute approximate surface area is 129 Å². The van der Waals surface area contributed by atoms with Gasteiger partial charge in [-0.2, -0.15) is 0 Å². The van der Waals surface area contributed by atoms with Gasteiger partial charge in [-0.25, -0.2) is 9.59 Å². The van der Waals surface area contributed by atoms with Gasteiger partial charge in [-0.3, -0.25) is 0 Å². The molecule has 1 heterocycles. The van der Waals surface area contributed by atoms with Gasteiger partial charge in [-0.15, -0.1) is 11.3 Å². The second-order valence-corrected chi connectivity index (χ2v) is 7.19. The maximum atomic E-state index is 12.0. The Hall–Kier alpha value is -1.56. The van der Waals surface area contributed by atoms with E-state index in [1.165, 1.54) is 4.88 Å². The van der Waals surface area contributed by atoms with Crippen LogP contribution in [-0.2, 0) is 4.79 Å². The molecular weight excluding hydrogens is 288 g/mol. The number of carboxylic acids is 1. The monoisotopic (exact) mass is 312 g/mol. The van der Waals surface area contributed by atoms with Crippen LogP contribution >= 0.6 is 11.3 Å². The fourth-order valence-corrected chi connectivity index (χ4v) is 3.27. The van der Waals surface area contributed by atoms with Crippen LogP contribution in [0.3, 0.4) is 0 Å². The van der Waals surface area contributed by atoms with Crippen LogP contribution in [0.2, 0.25) is 0 Å². The first-order valence-electron chi connectivity index (χ1n) is 7.07. The first kappa shape index (κ1) is 17.5. The highest BCUT2D eigenvalue weighted by Crippen LogP contribution is 2.25. The SMILES string of the molecule is Cc1cc(C(C)NC(=O)N[C@@H](CC(C)C)C(=O)O)c(C)s1. The van der Waals surface area contributed by atoms with Crippen molar-refractivity contribution in [2.24, 2.45) is 5.92 Å². The van der Waals surface area contributed by atoms with Crippen LogP contribution in [0.4, 0.5) is 4.79 Å². The third-order valence-corrected chi connectivity index (χ3v) is 4.19. The maximum Gasteiger partial charge on any atom is 0.326 e. The second kappa shape index (κ2) is 7.45. The summed E-state index contributed by atoms with van der Waals surface area (Å²) in [6, 6.07) is 0.595. The summed E-state index contributed by atoms with van der Waals surface area (Å²) in [7, 11) is 0. The quantitative estimate of drug-likeness (QED) is 0.754. The summed E-state index contributed by atoms with van der Waals surface area (Å²) in [5, 5.41) is 14.5. The molecular formula is C15H24N2O3S. The van der Waals surface area contributed by atoms with Crippen LogP contribution in [-0.4, -0.2) is 23.1 Å². The van der Waals surface area contributed by atoms with Crippen LogP contribution in [0.5, 0.6) is 0 Å². The van der Waals surface area contributed by atoms with E-state index in [0.717, 1.165) is 10.4 Å². The minimum Gasteiger partial charge on any atom is -0.480 e. The van der Waals surface area contributed by atoms with Gasteiger partial charge in [0.1, 0.15) is 6.04 Å². The van der Waals surface area contributed by atoms with Gasteiger partial charge in [-0.05, 0) is 44.7 Å². The van der Waals surface area contributed by atoms with E-state index >= 15 is 0 Å². The predicted octanol–water partition coefficient (Wildman–Crippen LogP) is 3.22. The molecule has 1 unspecified atom stereocenters. The molecule has 0 fully saturated rings. The van der Waals surface area contributed by atoms with E-state index in [-0.39, 0.29) is 12.0 Å². The van der Waals surface area contributed by atoms with Crippen molar-refractivity contribution in [1.82, 2.24) is 10.6 Å². The minimum absolute atomic E-state index is 0.150. The van der Waals surface area contributed by atoms with Crippen molar-refractivity contribution in [1.29, 1.82) is 0 Å². The molecule has 3 N–H and O–H groups in total. The molecule has 1 aromatic rings. The van der Waals surface area contributed by atoms with E-state index in [1.54, 1.807) is 11.3 Å². The van der Waals surface area contributed by atoms with Gasteiger partial charge in [0.2, 0.25) is 0 Å². The molecule has 0 radical (unpaired) electrons. The molecule has 2 amide bonds. The zero-order chi connectivity index (χ0) is 16.2. The number of carboxylic acid groups (broad SMARTS) is 1. The van der Waals surface area contributed by atoms with E-state index in [2.05, 4.69) is 10.6 Å². The molecule has 118 valence electrons. The molecule has 0 spiro atoms. The van der Waals surface area contributed by atoms with Gasteiger partial charge in [0.25, 0.3) is 0 Å². The van der Waals surface area contributed by atoms with Crippen molar-refractivity contribution >= 4 is 23.3 Å². The lowest BCUT2D eigenvalue weighted by Gasteiger charge is -2.19. The molecule has 0 aromatic carbocycles. The van der Waals surface area contributed by atoms with E-state index in [0.29, 0.717) is 6.42 Å². The molecule has 0 saturated carbocycles. The third kappa shape index (κ3) is 5.38. The summed E-state index contributed by atoms with van der Waals surface area (Å²) in [6.07, 6.45) is 0.410. The van der Waals surface area contributed by atoms with E-state index < -0.39 is 18.0 Å². The second-order valence-electron chi connectivity index (χ2n) is 5.73. The summed E-state index contributed by atoms with van der Waals surface area (Å²) in [6.45, 7) is 9.79. The molecule has 5 nitrogen and oxygen atoms in total. The highest BCUT2D eigenvalue weighted by molar-refractivity contribution is 7.12. The van der Waals surface area contributed by atoms with Crippen molar-refractivity contribution in [3.8, 4) is 0 Å². The molecule has 0 aliphatic heterocycles. The number of urea groups is 1. The number of nitrogens with one attached hydrogen (secondary N) is 2. The number of carbonyl (C=O) groups is 2. The zero-order valence-electron chi connectivity index (χ0n) is 13.2. The topological polar surface area (TPSA) is 78.4 Å². The van der Waals surface area contributed by atoms with E-state index in [9.17, 15) is 9.59 Å². The molecule has 1 rings (SSSR count). The predicted molar refractivity (Wildman–Crippen MR) is 84.8 cm³/mol. The number of carbonyl (C=O) groups excluding carboxylic acids is 1. The highest BCUT2D eigenvalue weighted by Gasteiger charge is 2.22. The van der Waals surface area contributed by atoms with E-state index in [4.69, 9.17) is 5.11 Å². The Morgan fingerprint density at radius 2 is 1.86 bits per heavy atom. The molecule has 0 saturated heterocycles. The summed E-state index contributed by atoms with van der Waals surface area (Å²) in [5.74, 6) is -0.806. The fourth-order valence-electron chi connectivity index (χ4n) is 2.25. The van der Waals surface area contributed by atoms with Crippen molar-refractivity contribution in [2.45, 2.75) is 53.1 Å². The largest absolute Gasteiger partial charge is 0.480 e. The number of aryl methyl sites for hydroxylation is 2. The van der Waals surface area contributed by atoms with Crippen molar-refractivity contribution < 1.29 is 14.7 Å². The Kier molecular flexibility index (Phi) is 6.20. The lowest BCUT2D eigenvalue weighted by molar-refractivity contribution is -0.139. The number of rotatable bonds is 6. The number of amides is 2. The standard InChI is InChI=1S/C15H24N2O3S/c1-8(2)6-13(14(18)19)17-15(20)16-10(4)12-7-9(3)21-11(12)5/h7-8,10,13H,6H2,1-5H3,(H,18,19)(H2,16,17,20)/t10?,13-/m0/s1. The smallest absolute Gasteiger partial charge is 0.326 e. The maximum absolute atomic E-state index is 12.0. The van der Waals surface area contributed by atoms with Crippen molar-refractivity contribution in [3.63, 3.8) is 0 Å². The van der Waals surface area contributed by atoms with Crippen molar-refractivity contribution in [3.05, 3.63) is 21.4 Å². The Morgan fingerprint density at radius 1 is 1.24 bits per heavy atom. The summed E-state index contributed by atoms with van der Waals surface area (Å²) in [5.41, 5.74) is 1.07. The molecule has 6 heteroatoms. The van der Waals surface area contributed by atoms with Gasteiger partial charge in [-0.1, -0.05) is 13.8 Å². The first-order chi connectivity index (χ1) is 9.70. The van der Waals surface area contributed by atoms with Gasteiger partial charge >= 0.3 is 12.0 Å². The molecule has 21 heavy (non-hydrogen) atoms. The van der Waals surface area contributed by atoms with Crippen molar-refractivity contribution in [2.75, 3.05) is 0 Å². The third-order valence-electron chi connectivity index (χ3n) is 3.20. The average molecular weight is 312 g/mol. The average Bonchev–Trinajstić information content (AvgIpc) is 2.66. The minimum atomic E-state index is -1.01.